The molecule has 2 aromatic carbocycles. The van der Waals surface area contributed by atoms with Crippen molar-refractivity contribution in [3.05, 3.63) is 71.9 Å². The number of nitrogens with zero attached hydrogens (tertiary/aromatic N) is 2. The van der Waals surface area contributed by atoms with E-state index in [-0.39, 0.29) is 36.6 Å². The van der Waals surface area contributed by atoms with Crippen LogP contribution in [0.5, 0.6) is 0 Å². The predicted octanol–water partition coefficient (Wildman–Crippen LogP) is 5.80. The summed E-state index contributed by atoms with van der Waals surface area (Å²) in [6.07, 6.45) is 4.32. The van der Waals surface area contributed by atoms with Crippen LogP contribution in [0.1, 0.15) is 71.4 Å². The molecule has 4 rings (SSSR count). The first-order chi connectivity index (χ1) is 21.4. The highest BCUT2D eigenvalue weighted by Gasteiger charge is 2.35. The zero-order chi connectivity index (χ0) is 32.7. The van der Waals surface area contributed by atoms with Crippen LogP contribution in [0.25, 0.3) is 10.9 Å². The lowest BCUT2D eigenvalue weighted by Gasteiger charge is -2.40. The SMILES string of the molecule is COC(=O)n1cc(C[C@@H](NC(=O)[C@H](CC(C)(C)C)NC(=O)N2[C@H](C)CCC[C@@H]2C)C(=O)OCc2ccccc2)c2ccccc21. The summed E-state index contributed by atoms with van der Waals surface area (Å²) in [6, 6.07) is 14.4. The third kappa shape index (κ3) is 8.65. The molecule has 0 radical (unpaired) electrons. The van der Waals surface area contributed by atoms with Gasteiger partial charge in [0.1, 0.15) is 18.7 Å². The summed E-state index contributed by atoms with van der Waals surface area (Å²) in [5, 5.41) is 6.62. The largest absolute Gasteiger partial charge is 0.459 e. The molecule has 1 aromatic heterocycles. The second-order valence-electron chi connectivity index (χ2n) is 13.2. The molecule has 10 nitrogen and oxygen atoms in total. The average molecular weight is 619 g/mol. The number of likely N-dealkylation sites (tertiary alicyclic amines) is 1. The molecule has 3 aromatic rings. The van der Waals surface area contributed by atoms with Crippen molar-refractivity contribution in [1.82, 2.24) is 20.1 Å². The summed E-state index contributed by atoms with van der Waals surface area (Å²) >= 11 is 0. The van der Waals surface area contributed by atoms with Gasteiger partial charge in [0.25, 0.3) is 0 Å². The average Bonchev–Trinajstić information content (AvgIpc) is 3.36. The minimum absolute atomic E-state index is 0.0306. The van der Waals surface area contributed by atoms with Gasteiger partial charge in [-0.3, -0.25) is 9.36 Å². The van der Waals surface area contributed by atoms with Gasteiger partial charge in [-0.2, -0.15) is 0 Å². The van der Waals surface area contributed by atoms with Crippen LogP contribution in [0.4, 0.5) is 9.59 Å². The van der Waals surface area contributed by atoms with Crippen LogP contribution in [0.3, 0.4) is 0 Å². The van der Waals surface area contributed by atoms with Gasteiger partial charge in [0.15, 0.2) is 0 Å². The van der Waals surface area contributed by atoms with Gasteiger partial charge in [0.05, 0.1) is 12.6 Å². The molecule has 0 unspecified atom stereocenters. The molecule has 1 saturated heterocycles. The third-order valence-corrected chi connectivity index (χ3v) is 8.27. The standard InChI is InChI=1S/C35H46N4O6/c1-23-13-12-14-24(2)39(23)33(42)37-29(20-35(3,4)5)31(40)36-28(32(41)45-22-25-15-8-7-9-16-25)19-26-21-38(34(43)44-6)30-18-11-10-17-27(26)30/h7-11,15-18,21,23-24,28-29H,12-14,19-20,22H2,1-6H3,(H,36,40)(H,37,42)/t23-,24+,28-,29+/m1/s1. The molecule has 1 aliphatic heterocycles. The molecule has 3 amide bonds. The van der Waals surface area contributed by atoms with Crippen LogP contribution in [0, 0.1) is 5.41 Å². The number of piperidine rings is 1. The van der Waals surface area contributed by atoms with Crippen molar-refractivity contribution in [3.63, 3.8) is 0 Å². The number of carbonyl (C=O) groups is 4. The minimum atomic E-state index is -1.09. The maximum atomic E-state index is 14.0. The molecular weight excluding hydrogens is 572 g/mol. The highest BCUT2D eigenvalue weighted by atomic mass is 16.5. The number of urea groups is 1. The fourth-order valence-electron chi connectivity index (χ4n) is 6.04. The molecule has 0 spiro atoms. The van der Waals surface area contributed by atoms with Crippen LogP contribution in [-0.4, -0.2) is 64.7 Å². The monoisotopic (exact) mass is 618 g/mol. The van der Waals surface area contributed by atoms with Crippen molar-refractivity contribution in [2.24, 2.45) is 5.41 Å². The molecule has 0 aliphatic carbocycles. The van der Waals surface area contributed by atoms with Crippen LogP contribution < -0.4 is 10.6 Å². The number of esters is 1. The summed E-state index contributed by atoms with van der Waals surface area (Å²) < 4.78 is 12.0. The van der Waals surface area contributed by atoms with Gasteiger partial charge >= 0.3 is 18.1 Å². The lowest BCUT2D eigenvalue weighted by atomic mass is 9.87. The summed E-state index contributed by atoms with van der Waals surface area (Å²) in [6.45, 7) is 10.1. The van der Waals surface area contributed by atoms with Crippen LogP contribution in [-0.2, 0) is 32.1 Å². The van der Waals surface area contributed by atoms with E-state index in [1.165, 1.54) is 11.7 Å². The van der Waals surface area contributed by atoms with Crippen molar-refractivity contribution in [2.75, 3.05) is 7.11 Å². The predicted molar refractivity (Wildman–Crippen MR) is 173 cm³/mol. The summed E-state index contributed by atoms with van der Waals surface area (Å²) in [5.41, 5.74) is 1.78. The van der Waals surface area contributed by atoms with E-state index in [2.05, 4.69) is 10.6 Å². The fourth-order valence-corrected chi connectivity index (χ4v) is 6.04. The number of nitrogens with one attached hydrogen (secondary N) is 2. The number of carbonyl (C=O) groups excluding carboxylic acids is 4. The number of aromatic nitrogens is 1. The maximum Gasteiger partial charge on any atom is 0.418 e. The Kier molecular flexibility index (Phi) is 10.9. The van der Waals surface area contributed by atoms with Crippen LogP contribution >= 0.6 is 0 Å². The molecule has 45 heavy (non-hydrogen) atoms. The van der Waals surface area contributed by atoms with Gasteiger partial charge in [-0.25, -0.2) is 14.4 Å². The van der Waals surface area contributed by atoms with Crippen molar-refractivity contribution in [3.8, 4) is 0 Å². The highest BCUT2D eigenvalue weighted by Crippen LogP contribution is 2.26. The van der Waals surface area contributed by atoms with Gasteiger partial charge in [-0.05, 0) is 62.1 Å². The number of ether oxygens (including phenoxy) is 2. The van der Waals surface area contributed by atoms with Crippen LogP contribution in [0.15, 0.2) is 60.8 Å². The number of fused-ring (bicyclic) bond motifs is 1. The molecule has 0 bridgehead atoms. The van der Waals surface area contributed by atoms with Gasteiger partial charge in [0.2, 0.25) is 5.91 Å². The summed E-state index contributed by atoms with van der Waals surface area (Å²) in [5.74, 6) is -1.10. The first-order valence-electron chi connectivity index (χ1n) is 15.6. The number of benzene rings is 2. The molecule has 242 valence electrons. The molecule has 4 atom stereocenters. The highest BCUT2D eigenvalue weighted by molar-refractivity contribution is 5.94. The maximum absolute atomic E-state index is 14.0. The lowest BCUT2D eigenvalue weighted by molar-refractivity contribution is -0.149. The second kappa shape index (κ2) is 14.6. The quantitative estimate of drug-likeness (QED) is 0.293. The number of methoxy groups -OCH3 is 1. The van der Waals surface area contributed by atoms with Crippen molar-refractivity contribution in [2.45, 2.75) is 97.5 Å². The molecule has 1 aliphatic rings. The van der Waals surface area contributed by atoms with Gasteiger partial charge < -0.3 is 25.0 Å². The Morgan fingerprint density at radius 1 is 0.911 bits per heavy atom. The van der Waals surface area contributed by atoms with E-state index in [0.717, 1.165) is 30.2 Å². The number of amides is 3. The molecule has 10 heteroatoms. The molecule has 2 heterocycles. The van der Waals surface area contributed by atoms with E-state index in [1.807, 2.05) is 88.0 Å². The zero-order valence-corrected chi connectivity index (χ0v) is 27.2. The molecule has 0 saturated carbocycles. The number of rotatable bonds is 9. The van der Waals surface area contributed by atoms with Gasteiger partial charge in [0, 0.05) is 30.1 Å². The third-order valence-electron chi connectivity index (χ3n) is 8.27. The Balaban J connectivity index is 1.62. The second-order valence-corrected chi connectivity index (χ2v) is 13.2. The lowest BCUT2D eigenvalue weighted by Crippen LogP contribution is -2.58. The Labute approximate surface area is 265 Å². The Hall–Kier alpha value is -4.34. The number of para-hydroxylation sites is 1. The summed E-state index contributed by atoms with van der Waals surface area (Å²) in [4.78, 5) is 55.5. The fraction of sp³-hybridized carbons (Fsp3) is 0.486. The smallest absolute Gasteiger partial charge is 0.418 e. The Morgan fingerprint density at radius 3 is 2.20 bits per heavy atom. The number of hydrogen-bond donors (Lipinski definition) is 2. The van der Waals surface area contributed by atoms with E-state index in [9.17, 15) is 19.2 Å². The normalized spacial score (nSPS) is 18.1. The van der Waals surface area contributed by atoms with Crippen LogP contribution in [0.2, 0.25) is 0 Å². The van der Waals surface area contributed by atoms with Crippen molar-refractivity contribution >= 4 is 34.9 Å². The van der Waals surface area contributed by atoms with E-state index in [1.54, 1.807) is 12.3 Å². The van der Waals surface area contributed by atoms with Crippen molar-refractivity contribution in [1.29, 1.82) is 0 Å². The molecular formula is C35H46N4O6. The van der Waals surface area contributed by atoms with E-state index in [4.69, 9.17) is 9.47 Å². The van der Waals surface area contributed by atoms with Gasteiger partial charge in [-0.1, -0.05) is 69.3 Å². The van der Waals surface area contributed by atoms with E-state index < -0.39 is 30.1 Å². The Bertz CT molecular complexity index is 1480. The molecule has 1 fully saturated rings. The van der Waals surface area contributed by atoms with E-state index >= 15 is 0 Å². The Morgan fingerprint density at radius 2 is 1.56 bits per heavy atom. The van der Waals surface area contributed by atoms with E-state index in [0.29, 0.717) is 17.5 Å². The van der Waals surface area contributed by atoms with Crippen molar-refractivity contribution < 1.29 is 28.7 Å². The molecule has 2 N–H and O–H groups in total. The zero-order valence-electron chi connectivity index (χ0n) is 27.2. The van der Waals surface area contributed by atoms with Gasteiger partial charge in [-0.15, -0.1) is 0 Å². The topological polar surface area (TPSA) is 119 Å². The first-order valence-corrected chi connectivity index (χ1v) is 15.6. The number of hydrogen-bond acceptors (Lipinski definition) is 6. The minimum Gasteiger partial charge on any atom is -0.459 e. The summed E-state index contributed by atoms with van der Waals surface area (Å²) in [7, 11) is 1.30. The first kappa shape index (κ1) is 33.6.